The van der Waals surface area contributed by atoms with E-state index in [4.69, 9.17) is 0 Å². The van der Waals surface area contributed by atoms with E-state index in [1.165, 1.54) is 0 Å². The fraction of sp³-hybridized carbons (Fsp3) is 0.857. The second kappa shape index (κ2) is 4.97. The number of amides is 2. The number of sulfone groups is 1. The summed E-state index contributed by atoms with van der Waals surface area (Å²) in [6.07, 6.45) is 2.85. The van der Waals surface area contributed by atoms with Crippen LogP contribution in [0.15, 0.2) is 0 Å². The molecule has 2 amide bonds. The number of nitrogens with one attached hydrogen (secondary N) is 1. The summed E-state index contributed by atoms with van der Waals surface area (Å²) in [4.78, 5) is 26.4. The van der Waals surface area contributed by atoms with Crippen molar-refractivity contribution in [1.82, 2.24) is 10.2 Å². The Morgan fingerprint density at radius 1 is 1.29 bits per heavy atom. The van der Waals surface area contributed by atoms with E-state index in [0.29, 0.717) is 25.9 Å². The molecule has 3 rings (SSSR count). The van der Waals surface area contributed by atoms with E-state index in [-0.39, 0.29) is 35.2 Å². The highest BCUT2D eigenvalue weighted by Crippen LogP contribution is 2.41. The van der Waals surface area contributed by atoms with Crippen molar-refractivity contribution in [3.05, 3.63) is 0 Å². The fourth-order valence-corrected chi connectivity index (χ4v) is 5.36. The molecule has 0 spiro atoms. The van der Waals surface area contributed by atoms with Gasteiger partial charge in [0, 0.05) is 19.5 Å². The third kappa shape index (κ3) is 2.93. The normalized spacial score (nSPS) is 36.4. The van der Waals surface area contributed by atoms with Gasteiger partial charge in [0.15, 0.2) is 9.84 Å². The maximum absolute atomic E-state index is 12.8. The third-order valence-electron chi connectivity index (χ3n) is 4.94. The van der Waals surface area contributed by atoms with Crippen LogP contribution in [0.5, 0.6) is 0 Å². The molecule has 21 heavy (non-hydrogen) atoms. The van der Waals surface area contributed by atoms with E-state index < -0.39 is 15.4 Å². The SMILES string of the molecule is CC1(C2CC2)NC(=O)CCN(CC2CCS(=O)(=O)C2)C1=O. The topological polar surface area (TPSA) is 83.6 Å². The van der Waals surface area contributed by atoms with Crippen LogP contribution in [0.3, 0.4) is 0 Å². The first-order valence-electron chi connectivity index (χ1n) is 7.61. The minimum Gasteiger partial charge on any atom is -0.342 e. The molecule has 2 unspecified atom stereocenters. The Kier molecular flexibility index (Phi) is 3.50. The second-order valence-corrected chi connectivity index (χ2v) is 9.02. The lowest BCUT2D eigenvalue weighted by Crippen LogP contribution is -2.57. The summed E-state index contributed by atoms with van der Waals surface area (Å²) >= 11 is 0. The maximum atomic E-state index is 12.8. The van der Waals surface area contributed by atoms with E-state index in [2.05, 4.69) is 5.32 Å². The molecular formula is C14H22N2O4S. The molecule has 2 aliphatic heterocycles. The zero-order valence-corrected chi connectivity index (χ0v) is 13.1. The molecule has 6 nitrogen and oxygen atoms in total. The molecule has 1 aliphatic carbocycles. The van der Waals surface area contributed by atoms with E-state index >= 15 is 0 Å². The van der Waals surface area contributed by atoms with Crippen molar-refractivity contribution >= 4 is 21.7 Å². The van der Waals surface area contributed by atoms with Crippen LogP contribution in [0.1, 0.15) is 32.6 Å². The Bertz CT molecular complexity index is 570. The van der Waals surface area contributed by atoms with Gasteiger partial charge in [-0.1, -0.05) is 0 Å². The van der Waals surface area contributed by atoms with Crippen molar-refractivity contribution in [1.29, 1.82) is 0 Å². The molecular weight excluding hydrogens is 292 g/mol. The lowest BCUT2D eigenvalue weighted by atomic mass is 9.93. The highest BCUT2D eigenvalue weighted by molar-refractivity contribution is 7.91. The Hall–Kier alpha value is -1.11. The van der Waals surface area contributed by atoms with Gasteiger partial charge in [-0.3, -0.25) is 9.59 Å². The van der Waals surface area contributed by atoms with Crippen molar-refractivity contribution in [3.8, 4) is 0 Å². The average molecular weight is 314 g/mol. The zero-order valence-electron chi connectivity index (χ0n) is 12.3. The van der Waals surface area contributed by atoms with Crippen LogP contribution in [-0.2, 0) is 19.4 Å². The molecule has 2 saturated heterocycles. The first-order chi connectivity index (χ1) is 9.80. The standard InChI is InChI=1S/C14H22N2O4S/c1-14(11-2-3-11)13(18)16(6-4-12(17)15-14)8-10-5-7-21(19,20)9-10/h10-11H,2-9H2,1H3,(H,15,17). The molecule has 2 atom stereocenters. The Labute approximate surface area is 125 Å². The number of carbonyl (C=O) groups is 2. The predicted molar refractivity (Wildman–Crippen MR) is 77.2 cm³/mol. The summed E-state index contributed by atoms with van der Waals surface area (Å²) in [6.45, 7) is 2.66. The molecule has 3 fully saturated rings. The van der Waals surface area contributed by atoms with E-state index in [9.17, 15) is 18.0 Å². The number of hydrogen-bond acceptors (Lipinski definition) is 4. The van der Waals surface area contributed by atoms with Crippen molar-refractivity contribution in [2.45, 2.75) is 38.1 Å². The summed E-state index contributed by atoms with van der Waals surface area (Å²) in [7, 11) is -2.94. The smallest absolute Gasteiger partial charge is 0.248 e. The minimum absolute atomic E-state index is 0.00982. The molecule has 1 N–H and O–H groups in total. The maximum Gasteiger partial charge on any atom is 0.248 e. The third-order valence-corrected chi connectivity index (χ3v) is 6.78. The minimum atomic E-state index is -2.94. The quantitative estimate of drug-likeness (QED) is 0.791. The van der Waals surface area contributed by atoms with Crippen LogP contribution >= 0.6 is 0 Å². The molecule has 0 bridgehead atoms. The van der Waals surface area contributed by atoms with Gasteiger partial charge in [-0.2, -0.15) is 0 Å². The van der Waals surface area contributed by atoms with Crippen LogP contribution < -0.4 is 5.32 Å². The zero-order chi connectivity index (χ0) is 15.3. The van der Waals surface area contributed by atoms with Crippen LogP contribution in [0.4, 0.5) is 0 Å². The first-order valence-corrected chi connectivity index (χ1v) is 9.43. The molecule has 2 heterocycles. The molecule has 118 valence electrons. The number of carbonyl (C=O) groups excluding carboxylic acids is 2. The lowest BCUT2D eigenvalue weighted by molar-refractivity contribution is -0.139. The van der Waals surface area contributed by atoms with Gasteiger partial charge < -0.3 is 10.2 Å². The van der Waals surface area contributed by atoms with Crippen LogP contribution in [0.25, 0.3) is 0 Å². The summed E-state index contributed by atoms with van der Waals surface area (Å²) in [5, 5.41) is 2.89. The van der Waals surface area contributed by atoms with Crippen molar-refractivity contribution in [2.24, 2.45) is 11.8 Å². The molecule has 0 aromatic rings. The van der Waals surface area contributed by atoms with Gasteiger partial charge >= 0.3 is 0 Å². The van der Waals surface area contributed by atoms with Gasteiger partial charge in [0.1, 0.15) is 5.54 Å². The molecule has 0 radical (unpaired) electrons. The summed E-state index contributed by atoms with van der Waals surface area (Å²) in [6, 6.07) is 0. The first kappa shape index (κ1) is 14.8. The fourth-order valence-electron chi connectivity index (χ4n) is 3.51. The number of nitrogens with zero attached hydrogens (tertiary/aromatic N) is 1. The Morgan fingerprint density at radius 2 is 2.00 bits per heavy atom. The molecule has 0 aromatic carbocycles. The average Bonchev–Trinajstić information content (AvgIpc) is 3.19. The Morgan fingerprint density at radius 3 is 2.57 bits per heavy atom. The summed E-state index contributed by atoms with van der Waals surface area (Å²) in [5.74, 6) is 0.492. The van der Waals surface area contributed by atoms with Gasteiger partial charge in [0.05, 0.1) is 11.5 Å². The molecule has 1 saturated carbocycles. The van der Waals surface area contributed by atoms with E-state index in [1.54, 1.807) is 4.90 Å². The van der Waals surface area contributed by atoms with Crippen LogP contribution in [0, 0.1) is 11.8 Å². The molecule has 7 heteroatoms. The van der Waals surface area contributed by atoms with E-state index in [0.717, 1.165) is 12.8 Å². The van der Waals surface area contributed by atoms with Crippen molar-refractivity contribution in [3.63, 3.8) is 0 Å². The van der Waals surface area contributed by atoms with Crippen molar-refractivity contribution in [2.75, 3.05) is 24.6 Å². The van der Waals surface area contributed by atoms with Gasteiger partial charge in [-0.15, -0.1) is 0 Å². The summed E-state index contributed by atoms with van der Waals surface area (Å²) in [5.41, 5.74) is -0.801. The van der Waals surface area contributed by atoms with Crippen LogP contribution in [-0.4, -0.2) is 55.3 Å². The van der Waals surface area contributed by atoms with Gasteiger partial charge in [-0.05, 0) is 38.0 Å². The number of rotatable bonds is 3. The monoisotopic (exact) mass is 314 g/mol. The van der Waals surface area contributed by atoms with Gasteiger partial charge in [-0.25, -0.2) is 8.42 Å². The predicted octanol–water partition coefficient (Wildman–Crippen LogP) is -0.0617. The molecule has 0 aromatic heterocycles. The summed E-state index contributed by atoms with van der Waals surface area (Å²) < 4.78 is 23.1. The second-order valence-electron chi connectivity index (χ2n) is 6.80. The van der Waals surface area contributed by atoms with Gasteiger partial charge in [0.25, 0.3) is 0 Å². The highest BCUT2D eigenvalue weighted by Gasteiger charge is 2.51. The van der Waals surface area contributed by atoms with Crippen LogP contribution in [0.2, 0.25) is 0 Å². The number of hydrogen-bond donors (Lipinski definition) is 1. The van der Waals surface area contributed by atoms with E-state index in [1.807, 2.05) is 6.92 Å². The largest absolute Gasteiger partial charge is 0.342 e. The highest BCUT2D eigenvalue weighted by atomic mass is 32.2. The lowest BCUT2D eigenvalue weighted by Gasteiger charge is -2.33. The van der Waals surface area contributed by atoms with Gasteiger partial charge in [0.2, 0.25) is 11.8 Å². The van der Waals surface area contributed by atoms with Crippen molar-refractivity contribution < 1.29 is 18.0 Å². The Balaban J connectivity index is 1.75. The molecule has 3 aliphatic rings.